The molecule has 8 aromatic rings. The van der Waals surface area contributed by atoms with Crippen molar-refractivity contribution in [1.82, 2.24) is 19.9 Å². The highest BCUT2D eigenvalue weighted by Crippen LogP contribution is 2.56. The largest absolute Gasteiger partial charge is 0.256 e. The molecule has 1 aliphatic rings. The molecule has 0 fully saturated rings. The summed E-state index contributed by atoms with van der Waals surface area (Å²) in [6.07, 6.45) is 1.81. The van der Waals surface area contributed by atoms with E-state index in [1.165, 1.54) is 33.4 Å². The van der Waals surface area contributed by atoms with Crippen LogP contribution in [0.1, 0.15) is 22.3 Å². The molecule has 0 radical (unpaired) electrons. The van der Waals surface area contributed by atoms with Crippen LogP contribution in [-0.2, 0) is 5.41 Å². The topological polar surface area (TPSA) is 51.6 Å². The second-order valence-electron chi connectivity index (χ2n) is 11.9. The van der Waals surface area contributed by atoms with Crippen LogP contribution in [0.25, 0.3) is 56.2 Å². The molecular weight excluding hydrogens is 573 g/mol. The molecule has 47 heavy (non-hydrogen) atoms. The lowest BCUT2D eigenvalue weighted by Gasteiger charge is -2.34. The summed E-state index contributed by atoms with van der Waals surface area (Å²) >= 11 is 0. The molecule has 0 spiro atoms. The highest BCUT2D eigenvalue weighted by atomic mass is 15.0. The van der Waals surface area contributed by atoms with Crippen LogP contribution in [0, 0.1) is 0 Å². The second kappa shape index (κ2) is 11.0. The maximum absolute atomic E-state index is 5.04. The molecule has 0 atom stereocenters. The fourth-order valence-corrected chi connectivity index (χ4v) is 7.15. The van der Waals surface area contributed by atoms with Gasteiger partial charge in [-0.25, -0.2) is 15.0 Å². The van der Waals surface area contributed by atoms with Gasteiger partial charge in [-0.15, -0.1) is 0 Å². The van der Waals surface area contributed by atoms with E-state index in [1.54, 1.807) is 0 Å². The van der Waals surface area contributed by atoms with Crippen LogP contribution in [0.3, 0.4) is 0 Å². The molecule has 0 saturated heterocycles. The first kappa shape index (κ1) is 27.1. The minimum Gasteiger partial charge on any atom is -0.256 e. The number of aromatic nitrogens is 4. The van der Waals surface area contributed by atoms with Gasteiger partial charge in [-0.1, -0.05) is 140 Å². The Bertz CT molecular complexity index is 2360. The van der Waals surface area contributed by atoms with Gasteiger partial charge in [0.05, 0.1) is 10.9 Å². The summed E-state index contributed by atoms with van der Waals surface area (Å²) in [5, 5.41) is 1.04. The van der Waals surface area contributed by atoms with Gasteiger partial charge in [-0.2, -0.15) is 0 Å². The molecular formula is C43H28N4. The molecule has 220 valence electrons. The summed E-state index contributed by atoms with van der Waals surface area (Å²) in [5.74, 6) is 1.90. The summed E-state index contributed by atoms with van der Waals surface area (Å²) in [4.78, 5) is 19.5. The first-order chi connectivity index (χ1) is 23.3. The standard InChI is InChI=1S/C43H28N4/c1-3-12-29(13-4-1)40-45-41(47-42(46-40)32-23-26-39-31(28-32)14-11-27-44-39)30-21-24-34(25-22-30)43(33-15-5-2-6-16-33)37-19-9-7-17-35(37)36-18-8-10-20-38(36)43/h1-28H. The Balaban J connectivity index is 1.22. The monoisotopic (exact) mass is 600 g/mol. The fraction of sp³-hybridized carbons (Fsp3) is 0.0233. The zero-order valence-electron chi connectivity index (χ0n) is 25.5. The zero-order valence-corrected chi connectivity index (χ0v) is 25.5. The van der Waals surface area contributed by atoms with Crippen molar-refractivity contribution in [3.8, 4) is 45.3 Å². The molecule has 4 nitrogen and oxygen atoms in total. The van der Waals surface area contributed by atoms with E-state index >= 15 is 0 Å². The Kier molecular flexibility index (Phi) is 6.32. The maximum Gasteiger partial charge on any atom is 0.164 e. The van der Waals surface area contributed by atoms with E-state index in [2.05, 4.69) is 120 Å². The highest BCUT2D eigenvalue weighted by Gasteiger charge is 2.45. The number of fused-ring (bicyclic) bond motifs is 4. The smallest absolute Gasteiger partial charge is 0.164 e. The number of benzene rings is 6. The normalized spacial score (nSPS) is 12.9. The fourth-order valence-electron chi connectivity index (χ4n) is 7.15. The van der Waals surface area contributed by atoms with Crippen molar-refractivity contribution in [1.29, 1.82) is 0 Å². The van der Waals surface area contributed by atoms with Crippen LogP contribution in [-0.4, -0.2) is 19.9 Å². The van der Waals surface area contributed by atoms with E-state index < -0.39 is 5.41 Å². The van der Waals surface area contributed by atoms with Crippen LogP contribution in [0.4, 0.5) is 0 Å². The maximum atomic E-state index is 5.04. The Labute approximate surface area is 273 Å². The number of hydrogen-bond acceptors (Lipinski definition) is 4. The SMILES string of the molecule is c1ccc(-c2nc(-c3ccc(C4(c5ccccc5)c5ccccc5-c5ccccc54)cc3)nc(-c3ccc4ncccc4c3)n2)cc1. The van der Waals surface area contributed by atoms with Gasteiger partial charge in [-0.05, 0) is 57.6 Å². The molecule has 0 bridgehead atoms. The van der Waals surface area contributed by atoms with Crippen LogP contribution >= 0.6 is 0 Å². The first-order valence-corrected chi connectivity index (χ1v) is 15.8. The van der Waals surface area contributed by atoms with Gasteiger partial charge in [-0.3, -0.25) is 4.98 Å². The Hall–Kier alpha value is -6.26. The molecule has 1 aliphatic carbocycles. The summed E-state index contributed by atoms with van der Waals surface area (Å²) in [5.41, 5.74) is 10.8. The van der Waals surface area contributed by atoms with E-state index in [1.807, 2.05) is 54.7 Å². The van der Waals surface area contributed by atoms with Crippen molar-refractivity contribution in [2.45, 2.75) is 5.41 Å². The molecule has 0 amide bonds. The van der Waals surface area contributed by atoms with Crippen molar-refractivity contribution in [2.24, 2.45) is 0 Å². The molecule has 0 unspecified atom stereocenters. The number of nitrogens with zero attached hydrogens (tertiary/aromatic N) is 4. The zero-order chi connectivity index (χ0) is 31.2. The van der Waals surface area contributed by atoms with E-state index in [4.69, 9.17) is 15.0 Å². The third-order valence-electron chi connectivity index (χ3n) is 9.26. The second-order valence-corrected chi connectivity index (χ2v) is 11.9. The third kappa shape index (κ3) is 4.38. The Morgan fingerprint density at radius 1 is 0.383 bits per heavy atom. The minimum atomic E-state index is -0.453. The van der Waals surface area contributed by atoms with Gasteiger partial charge in [0.1, 0.15) is 0 Å². The molecule has 0 N–H and O–H groups in total. The summed E-state index contributed by atoms with van der Waals surface area (Å²) < 4.78 is 0. The van der Waals surface area contributed by atoms with E-state index in [0.29, 0.717) is 17.5 Å². The van der Waals surface area contributed by atoms with Crippen LogP contribution in [0.5, 0.6) is 0 Å². The summed E-state index contributed by atoms with van der Waals surface area (Å²) in [6, 6.07) is 57.5. The molecule has 0 saturated carbocycles. The average Bonchev–Trinajstić information content (AvgIpc) is 3.46. The lowest BCUT2D eigenvalue weighted by molar-refractivity contribution is 0.768. The molecule has 2 aromatic heterocycles. The van der Waals surface area contributed by atoms with Gasteiger partial charge < -0.3 is 0 Å². The predicted octanol–water partition coefficient (Wildman–Crippen LogP) is 9.78. The van der Waals surface area contributed by atoms with Gasteiger partial charge in [0.2, 0.25) is 0 Å². The van der Waals surface area contributed by atoms with Gasteiger partial charge >= 0.3 is 0 Å². The number of rotatable bonds is 5. The molecule has 2 heterocycles. The molecule has 0 aliphatic heterocycles. The van der Waals surface area contributed by atoms with Gasteiger partial charge in [0, 0.05) is 28.3 Å². The van der Waals surface area contributed by atoms with Crippen molar-refractivity contribution < 1.29 is 0 Å². The number of hydrogen-bond donors (Lipinski definition) is 0. The molecule has 4 heteroatoms. The first-order valence-electron chi connectivity index (χ1n) is 15.8. The van der Waals surface area contributed by atoms with Gasteiger partial charge in [0.15, 0.2) is 17.5 Å². The lowest BCUT2D eigenvalue weighted by atomic mass is 9.67. The van der Waals surface area contributed by atoms with E-state index in [0.717, 1.165) is 27.6 Å². The van der Waals surface area contributed by atoms with Crippen molar-refractivity contribution >= 4 is 10.9 Å². The molecule has 6 aromatic carbocycles. The predicted molar refractivity (Wildman–Crippen MR) is 189 cm³/mol. The van der Waals surface area contributed by atoms with E-state index in [9.17, 15) is 0 Å². The van der Waals surface area contributed by atoms with Crippen molar-refractivity contribution in [3.05, 3.63) is 192 Å². The highest BCUT2D eigenvalue weighted by molar-refractivity contribution is 5.87. The summed E-state index contributed by atoms with van der Waals surface area (Å²) in [6.45, 7) is 0. The number of pyridine rings is 1. The summed E-state index contributed by atoms with van der Waals surface area (Å²) in [7, 11) is 0. The quantitative estimate of drug-likeness (QED) is 0.197. The Morgan fingerprint density at radius 3 is 1.55 bits per heavy atom. The van der Waals surface area contributed by atoms with Crippen molar-refractivity contribution in [3.63, 3.8) is 0 Å². The van der Waals surface area contributed by atoms with E-state index in [-0.39, 0.29) is 0 Å². The average molecular weight is 601 g/mol. The van der Waals surface area contributed by atoms with Crippen molar-refractivity contribution in [2.75, 3.05) is 0 Å². The minimum absolute atomic E-state index is 0.453. The van der Waals surface area contributed by atoms with Crippen LogP contribution < -0.4 is 0 Å². The van der Waals surface area contributed by atoms with Gasteiger partial charge in [0.25, 0.3) is 0 Å². The molecule has 9 rings (SSSR count). The Morgan fingerprint density at radius 2 is 0.894 bits per heavy atom. The third-order valence-corrected chi connectivity index (χ3v) is 9.26. The lowest BCUT2D eigenvalue weighted by Crippen LogP contribution is -2.28. The van der Waals surface area contributed by atoms with Crippen LogP contribution in [0.15, 0.2) is 170 Å². The van der Waals surface area contributed by atoms with Crippen LogP contribution in [0.2, 0.25) is 0 Å².